The molecule has 4 nitrogen and oxygen atoms in total. The van der Waals surface area contributed by atoms with Gasteiger partial charge in [0.25, 0.3) is 0 Å². The van der Waals surface area contributed by atoms with Crippen molar-refractivity contribution in [3.05, 3.63) is 23.3 Å². The van der Waals surface area contributed by atoms with Crippen LogP contribution in [0.25, 0.3) is 0 Å². The third-order valence-electron chi connectivity index (χ3n) is 11.3. The minimum Gasteiger partial charge on any atom is -0.264 e. The van der Waals surface area contributed by atoms with Crippen LogP contribution in [0.4, 0.5) is 0 Å². The van der Waals surface area contributed by atoms with E-state index in [1.54, 1.807) is 5.57 Å². The number of allylic oxidation sites excluding steroid dienone is 3. The predicted molar refractivity (Wildman–Crippen MR) is 139 cm³/mol. The van der Waals surface area contributed by atoms with E-state index in [0.717, 1.165) is 30.6 Å². The Labute approximate surface area is 209 Å². The van der Waals surface area contributed by atoms with Crippen LogP contribution >= 0.6 is 0 Å². The maximum Gasteiger partial charge on any atom is 0.397 e. The highest BCUT2D eigenvalue weighted by molar-refractivity contribution is 7.80. The number of fused-ring (bicyclic) bond motifs is 5. The number of hydrogen-bond donors (Lipinski definition) is 1. The topological polar surface area (TPSA) is 63.6 Å². The van der Waals surface area contributed by atoms with Gasteiger partial charge in [0.15, 0.2) is 0 Å². The lowest BCUT2D eigenvalue weighted by Crippen LogP contribution is -2.51. The quantitative estimate of drug-likeness (QED) is 0.306. The Morgan fingerprint density at radius 1 is 1.09 bits per heavy atom. The Bertz CT molecular complexity index is 934. The Morgan fingerprint density at radius 2 is 1.79 bits per heavy atom. The standard InChI is InChI=1S/C29H48O4S/c1-18(2)21(5)19(3)16-20(4)25-10-11-26-24-9-8-22-17-23(33-34(30,31)32)12-14-28(22,6)27(24)13-15-29(25,26)7/h8,16,18,20-21,23-27H,9-15,17H2,1-7H3,(H,30,31,32)/b19-16+/t20-,21-,23+,24?,25?,26?,27?,28+,29-/m1/s1. The summed E-state index contributed by atoms with van der Waals surface area (Å²) in [5.74, 6) is 4.94. The van der Waals surface area contributed by atoms with Gasteiger partial charge in [-0.05, 0) is 111 Å². The van der Waals surface area contributed by atoms with Gasteiger partial charge >= 0.3 is 10.4 Å². The minimum absolute atomic E-state index is 0.149. The van der Waals surface area contributed by atoms with Crippen LogP contribution in [0, 0.1) is 52.3 Å². The first kappa shape index (κ1) is 26.4. The average molecular weight is 493 g/mol. The molecule has 0 aliphatic heterocycles. The molecule has 0 radical (unpaired) electrons. The monoisotopic (exact) mass is 492 g/mol. The zero-order valence-corrected chi connectivity index (χ0v) is 23.3. The molecule has 5 heteroatoms. The molecule has 0 spiro atoms. The highest BCUT2D eigenvalue weighted by Crippen LogP contribution is 2.67. The Kier molecular flexibility index (Phi) is 7.25. The van der Waals surface area contributed by atoms with Gasteiger partial charge in [-0.15, -0.1) is 0 Å². The lowest BCUT2D eigenvalue weighted by Gasteiger charge is -2.58. The van der Waals surface area contributed by atoms with E-state index >= 15 is 0 Å². The van der Waals surface area contributed by atoms with Crippen LogP contribution in [0.5, 0.6) is 0 Å². The third-order valence-corrected chi connectivity index (χ3v) is 11.8. The van der Waals surface area contributed by atoms with E-state index in [2.05, 4.69) is 60.6 Å². The molecule has 0 heterocycles. The largest absolute Gasteiger partial charge is 0.397 e. The van der Waals surface area contributed by atoms with Crippen molar-refractivity contribution in [2.45, 2.75) is 106 Å². The van der Waals surface area contributed by atoms with Gasteiger partial charge in [0.05, 0.1) is 6.10 Å². The van der Waals surface area contributed by atoms with Crippen molar-refractivity contribution < 1.29 is 17.2 Å². The Morgan fingerprint density at radius 3 is 2.44 bits per heavy atom. The van der Waals surface area contributed by atoms with Gasteiger partial charge < -0.3 is 0 Å². The smallest absolute Gasteiger partial charge is 0.264 e. The molecule has 3 fully saturated rings. The zero-order chi connectivity index (χ0) is 25.1. The third kappa shape index (κ3) is 4.70. The summed E-state index contributed by atoms with van der Waals surface area (Å²) in [6.07, 6.45) is 13.3. The van der Waals surface area contributed by atoms with Crippen LogP contribution in [-0.4, -0.2) is 19.1 Å². The molecule has 4 rings (SSSR count). The predicted octanol–water partition coefficient (Wildman–Crippen LogP) is 7.63. The molecule has 0 saturated heterocycles. The van der Waals surface area contributed by atoms with Gasteiger partial charge in [0.1, 0.15) is 0 Å². The highest BCUT2D eigenvalue weighted by atomic mass is 32.3. The lowest BCUT2D eigenvalue weighted by atomic mass is 9.47. The molecule has 1 N–H and O–H groups in total. The van der Waals surface area contributed by atoms with E-state index in [-0.39, 0.29) is 5.41 Å². The van der Waals surface area contributed by atoms with Gasteiger partial charge in [-0.1, -0.05) is 64.8 Å². The molecule has 0 aromatic carbocycles. The molecular formula is C29H48O4S. The van der Waals surface area contributed by atoms with E-state index < -0.39 is 16.5 Å². The van der Waals surface area contributed by atoms with Gasteiger partial charge in [-0.25, -0.2) is 4.18 Å². The van der Waals surface area contributed by atoms with Gasteiger partial charge in [-0.2, -0.15) is 8.42 Å². The summed E-state index contributed by atoms with van der Waals surface area (Å²) < 4.78 is 36.7. The van der Waals surface area contributed by atoms with Crippen molar-refractivity contribution in [3.8, 4) is 0 Å². The Balaban J connectivity index is 1.52. The van der Waals surface area contributed by atoms with Crippen molar-refractivity contribution in [2.24, 2.45) is 52.3 Å². The molecule has 34 heavy (non-hydrogen) atoms. The fourth-order valence-corrected chi connectivity index (χ4v) is 9.50. The van der Waals surface area contributed by atoms with E-state index in [9.17, 15) is 8.42 Å². The van der Waals surface area contributed by atoms with E-state index in [1.807, 2.05) is 0 Å². The summed E-state index contributed by atoms with van der Waals surface area (Å²) in [6.45, 7) is 16.9. The summed E-state index contributed by atoms with van der Waals surface area (Å²) in [4.78, 5) is 0. The van der Waals surface area contributed by atoms with Crippen LogP contribution < -0.4 is 0 Å². The molecule has 0 amide bonds. The molecule has 0 bridgehead atoms. The van der Waals surface area contributed by atoms with E-state index in [4.69, 9.17) is 8.74 Å². The van der Waals surface area contributed by atoms with Crippen molar-refractivity contribution >= 4 is 10.4 Å². The van der Waals surface area contributed by atoms with E-state index in [1.165, 1.54) is 31.3 Å². The van der Waals surface area contributed by atoms with Gasteiger partial charge in [-0.3, -0.25) is 4.55 Å². The molecule has 4 aliphatic carbocycles. The van der Waals surface area contributed by atoms with Crippen LogP contribution in [-0.2, 0) is 14.6 Å². The van der Waals surface area contributed by atoms with Crippen molar-refractivity contribution in [1.82, 2.24) is 0 Å². The lowest BCUT2D eigenvalue weighted by molar-refractivity contribution is -0.0527. The summed E-state index contributed by atoms with van der Waals surface area (Å²) in [5, 5.41) is 0. The molecular weight excluding hydrogens is 444 g/mol. The summed E-state index contributed by atoms with van der Waals surface area (Å²) in [7, 11) is -4.39. The molecule has 4 unspecified atom stereocenters. The van der Waals surface area contributed by atoms with E-state index in [0.29, 0.717) is 41.9 Å². The zero-order valence-electron chi connectivity index (χ0n) is 22.5. The second kappa shape index (κ2) is 9.34. The molecule has 0 aromatic heterocycles. The summed E-state index contributed by atoms with van der Waals surface area (Å²) >= 11 is 0. The molecule has 9 atom stereocenters. The molecule has 3 saturated carbocycles. The van der Waals surface area contributed by atoms with Gasteiger partial charge in [0.2, 0.25) is 0 Å². The van der Waals surface area contributed by atoms with Crippen LogP contribution in [0.1, 0.15) is 99.8 Å². The second-order valence-electron chi connectivity index (χ2n) is 13.2. The first-order valence-corrected chi connectivity index (χ1v) is 15.2. The summed E-state index contributed by atoms with van der Waals surface area (Å²) in [6, 6.07) is 0. The van der Waals surface area contributed by atoms with Crippen LogP contribution in [0.15, 0.2) is 23.3 Å². The second-order valence-corrected chi connectivity index (χ2v) is 14.2. The SMILES string of the molecule is C/C(=C\[C@@H](C)C1CCC2C3CC=C4C[C@@H](OS(=O)(=O)O)CC[C@]4(C)C3CC[C@@]21C)[C@H](C)C(C)C. The maximum atomic E-state index is 11.3. The van der Waals surface area contributed by atoms with Gasteiger partial charge in [0, 0.05) is 0 Å². The van der Waals surface area contributed by atoms with Crippen molar-refractivity contribution in [3.63, 3.8) is 0 Å². The number of hydrogen-bond acceptors (Lipinski definition) is 3. The first-order chi connectivity index (χ1) is 15.8. The fraction of sp³-hybridized carbons (Fsp3) is 0.862. The normalized spacial score (nSPS) is 42.4. The fourth-order valence-electron chi connectivity index (χ4n) is 8.99. The maximum absolute atomic E-state index is 11.3. The first-order valence-electron chi connectivity index (χ1n) is 13.8. The van der Waals surface area contributed by atoms with Crippen LogP contribution in [0.2, 0.25) is 0 Å². The Hall–Kier alpha value is -0.650. The van der Waals surface area contributed by atoms with Crippen molar-refractivity contribution in [2.75, 3.05) is 0 Å². The summed E-state index contributed by atoms with van der Waals surface area (Å²) in [5.41, 5.74) is 3.51. The highest BCUT2D eigenvalue weighted by Gasteiger charge is 2.59. The van der Waals surface area contributed by atoms with Crippen molar-refractivity contribution in [1.29, 1.82) is 0 Å². The molecule has 194 valence electrons. The molecule has 4 aliphatic rings. The average Bonchev–Trinajstić information content (AvgIpc) is 3.09. The molecule has 0 aromatic rings. The minimum atomic E-state index is -4.39. The van der Waals surface area contributed by atoms with Crippen LogP contribution in [0.3, 0.4) is 0 Å². The number of rotatable bonds is 6.